The van der Waals surface area contributed by atoms with Gasteiger partial charge in [-0.25, -0.2) is 9.37 Å². The summed E-state index contributed by atoms with van der Waals surface area (Å²) in [6.07, 6.45) is 3.39. The van der Waals surface area contributed by atoms with E-state index >= 15 is 0 Å². The van der Waals surface area contributed by atoms with Crippen LogP contribution in [0.15, 0.2) is 53.8 Å². The number of hydrogen-bond acceptors (Lipinski definition) is 4. The molecule has 2 N–H and O–H groups in total. The Hall–Kier alpha value is -3.55. The lowest BCUT2D eigenvalue weighted by atomic mass is 10.2. The molecule has 0 saturated heterocycles. The van der Waals surface area contributed by atoms with Crippen molar-refractivity contribution in [1.82, 2.24) is 14.9 Å². The second-order valence-electron chi connectivity index (χ2n) is 6.48. The van der Waals surface area contributed by atoms with Crippen LogP contribution in [0, 0.1) is 12.7 Å². The minimum atomic E-state index is -0.311. The van der Waals surface area contributed by atoms with Gasteiger partial charge in [0.2, 0.25) is 0 Å². The van der Waals surface area contributed by atoms with E-state index in [1.54, 1.807) is 37.2 Å². The highest BCUT2D eigenvalue weighted by molar-refractivity contribution is 5.93. The van der Waals surface area contributed by atoms with Gasteiger partial charge in [0.05, 0.1) is 19.4 Å². The molecule has 0 aliphatic heterocycles. The van der Waals surface area contributed by atoms with E-state index in [9.17, 15) is 4.39 Å². The molecule has 30 heavy (non-hydrogen) atoms. The predicted octanol–water partition coefficient (Wildman–Crippen LogP) is 3.91. The topological polar surface area (TPSA) is 72.7 Å². The van der Waals surface area contributed by atoms with Crippen molar-refractivity contribution >= 4 is 11.6 Å². The predicted molar refractivity (Wildman–Crippen MR) is 116 cm³/mol. The molecule has 3 rings (SSSR count). The second-order valence-corrected chi connectivity index (χ2v) is 6.48. The fourth-order valence-electron chi connectivity index (χ4n) is 3.01. The van der Waals surface area contributed by atoms with E-state index in [1.165, 1.54) is 6.07 Å². The number of ether oxygens (including phenoxy) is 2. The monoisotopic (exact) mass is 411 g/mol. The van der Waals surface area contributed by atoms with Crippen molar-refractivity contribution in [3.63, 3.8) is 0 Å². The average molecular weight is 411 g/mol. The lowest BCUT2D eigenvalue weighted by Gasteiger charge is -2.15. The van der Waals surface area contributed by atoms with Gasteiger partial charge in [-0.05, 0) is 43.7 Å². The van der Waals surface area contributed by atoms with E-state index in [2.05, 4.69) is 20.6 Å². The van der Waals surface area contributed by atoms with Crippen molar-refractivity contribution in [2.45, 2.75) is 20.4 Å². The van der Waals surface area contributed by atoms with Crippen LogP contribution in [0.2, 0.25) is 0 Å². The molecule has 158 valence electrons. The first kappa shape index (κ1) is 21.2. The highest BCUT2D eigenvalue weighted by Gasteiger charge is 2.10. The van der Waals surface area contributed by atoms with Crippen LogP contribution in [0.5, 0.6) is 11.5 Å². The fraction of sp³-hybridized carbons (Fsp3) is 0.273. The van der Waals surface area contributed by atoms with E-state index < -0.39 is 0 Å². The van der Waals surface area contributed by atoms with Crippen LogP contribution in [-0.2, 0) is 6.54 Å². The summed E-state index contributed by atoms with van der Waals surface area (Å²) in [7, 11) is 3.27. The molecule has 0 bridgehead atoms. The number of methoxy groups -OCH3 is 1. The number of hydrogen-bond donors (Lipinski definition) is 2. The minimum Gasteiger partial charge on any atom is -0.493 e. The average Bonchev–Trinajstić information content (AvgIpc) is 3.17. The van der Waals surface area contributed by atoms with Crippen LogP contribution in [0.3, 0.4) is 0 Å². The van der Waals surface area contributed by atoms with E-state index in [-0.39, 0.29) is 5.82 Å². The zero-order chi connectivity index (χ0) is 21.5. The van der Waals surface area contributed by atoms with Crippen molar-refractivity contribution < 1.29 is 13.9 Å². The van der Waals surface area contributed by atoms with Crippen molar-refractivity contribution in [3.05, 3.63) is 66.0 Å². The molecule has 0 fully saturated rings. The maximum atomic E-state index is 14.6. The molecule has 0 spiro atoms. The molecule has 1 aromatic heterocycles. The zero-order valence-corrected chi connectivity index (χ0v) is 17.6. The Balaban J connectivity index is 1.66. The smallest absolute Gasteiger partial charge is 0.195 e. The number of benzene rings is 2. The Labute approximate surface area is 175 Å². The van der Waals surface area contributed by atoms with Crippen LogP contribution < -0.4 is 20.1 Å². The Morgan fingerprint density at radius 2 is 2.03 bits per heavy atom. The SMILES string of the molecule is CCOc1ccc(NC(=NC)NCc2ccc(-n3ccnc3C)c(F)c2)cc1OC. The third-order valence-electron chi connectivity index (χ3n) is 4.51. The summed E-state index contributed by atoms with van der Waals surface area (Å²) in [6, 6.07) is 10.7. The maximum absolute atomic E-state index is 14.6. The largest absolute Gasteiger partial charge is 0.493 e. The molecule has 3 aromatic rings. The van der Waals surface area contributed by atoms with Crippen LogP contribution >= 0.6 is 0 Å². The third-order valence-corrected chi connectivity index (χ3v) is 4.51. The number of nitrogens with one attached hydrogen (secondary N) is 2. The summed E-state index contributed by atoms with van der Waals surface area (Å²) < 4.78 is 27.2. The highest BCUT2D eigenvalue weighted by atomic mass is 19.1. The quantitative estimate of drug-likeness (QED) is 0.456. The third kappa shape index (κ3) is 4.89. The highest BCUT2D eigenvalue weighted by Crippen LogP contribution is 2.30. The standard InChI is InChI=1S/C22H26FN5O2/c1-5-30-20-9-7-17(13-21(20)29-4)27-22(24-3)26-14-16-6-8-19(18(23)12-16)28-11-10-25-15(28)2/h6-13H,5,14H2,1-4H3,(H2,24,26,27). The molecule has 0 atom stereocenters. The van der Waals surface area contributed by atoms with Gasteiger partial charge >= 0.3 is 0 Å². The Bertz CT molecular complexity index is 1030. The van der Waals surface area contributed by atoms with Crippen LogP contribution in [0.4, 0.5) is 10.1 Å². The van der Waals surface area contributed by atoms with Gasteiger partial charge in [-0.3, -0.25) is 4.99 Å². The van der Waals surface area contributed by atoms with E-state index in [4.69, 9.17) is 9.47 Å². The van der Waals surface area contributed by atoms with Crippen LogP contribution in [0.1, 0.15) is 18.3 Å². The summed E-state index contributed by atoms with van der Waals surface area (Å²) >= 11 is 0. The summed E-state index contributed by atoms with van der Waals surface area (Å²) in [5.74, 6) is 2.28. The number of aryl methyl sites for hydroxylation is 1. The van der Waals surface area contributed by atoms with Crippen molar-refractivity contribution in [3.8, 4) is 17.2 Å². The Morgan fingerprint density at radius 3 is 2.67 bits per heavy atom. The van der Waals surface area contributed by atoms with Crippen molar-refractivity contribution in [2.24, 2.45) is 4.99 Å². The summed E-state index contributed by atoms with van der Waals surface area (Å²) in [5, 5.41) is 6.38. The molecule has 0 saturated carbocycles. The number of guanidine groups is 1. The number of halogens is 1. The molecular weight excluding hydrogens is 385 g/mol. The molecule has 0 amide bonds. The summed E-state index contributed by atoms with van der Waals surface area (Å²) in [6.45, 7) is 4.72. The number of nitrogens with zero attached hydrogens (tertiary/aromatic N) is 3. The van der Waals surface area contributed by atoms with Gasteiger partial charge in [-0.2, -0.15) is 0 Å². The normalized spacial score (nSPS) is 11.3. The minimum absolute atomic E-state index is 0.311. The molecular formula is C22H26FN5O2. The van der Waals surface area contributed by atoms with Gasteiger partial charge in [-0.15, -0.1) is 0 Å². The molecule has 7 nitrogen and oxygen atoms in total. The lowest BCUT2D eigenvalue weighted by Crippen LogP contribution is -2.30. The number of rotatable bonds is 7. The number of imidazole rings is 1. The molecule has 0 aliphatic rings. The molecule has 0 radical (unpaired) electrons. The number of anilines is 1. The van der Waals surface area contributed by atoms with Gasteiger partial charge in [0.15, 0.2) is 17.5 Å². The van der Waals surface area contributed by atoms with Crippen LogP contribution in [0.25, 0.3) is 5.69 Å². The van der Waals surface area contributed by atoms with Gasteiger partial charge in [0.1, 0.15) is 11.6 Å². The van der Waals surface area contributed by atoms with Crippen LogP contribution in [-0.4, -0.2) is 36.3 Å². The molecule has 2 aromatic carbocycles. The molecule has 8 heteroatoms. The fourth-order valence-corrected chi connectivity index (χ4v) is 3.01. The van der Waals surface area contributed by atoms with Crippen molar-refractivity contribution in [2.75, 3.05) is 26.1 Å². The molecule has 0 aliphatic carbocycles. The Kier molecular flexibility index (Phi) is 6.90. The maximum Gasteiger partial charge on any atom is 0.195 e. The number of aromatic nitrogens is 2. The number of aliphatic imine (C=N–C) groups is 1. The van der Waals surface area contributed by atoms with Gasteiger partial charge in [0, 0.05) is 37.7 Å². The van der Waals surface area contributed by atoms with Gasteiger partial charge in [-0.1, -0.05) is 6.07 Å². The zero-order valence-electron chi connectivity index (χ0n) is 17.6. The second kappa shape index (κ2) is 9.78. The summed E-state index contributed by atoms with van der Waals surface area (Å²) in [5.41, 5.74) is 2.06. The lowest BCUT2D eigenvalue weighted by molar-refractivity contribution is 0.311. The van der Waals surface area contributed by atoms with Gasteiger partial charge in [0.25, 0.3) is 0 Å². The molecule has 1 heterocycles. The first-order chi connectivity index (χ1) is 14.5. The molecule has 0 unspecified atom stereocenters. The van der Waals surface area contributed by atoms with E-state index in [0.717, 1.165) is 17.1 Å². The first-order valence-corrected chi connectivity index (χ1v) is 9.63. The Morgan fingerprint density at radius 1 is 1.20 bits per heavy atom. The first-order valence-electron chi connectivity index (χ1n) is 9.63. The van der Waals surface area contributed by atoms with Crippen molar-refractivity contribution in [1.29, 1.82) is 0 Å². The summed E-state index contributed by atoms with van der Waals surface area (Å²) in [4.78, 5) is 8.36. The van der Waals surface area contributed by atoms with Gasteiger partial charge < -0.3 is 24.7 Å². The van der Waals surface area contributed by atoms with E-state index in [0.29, 0.717) is 36.3 Å². The van der Waals surface area contributed by atoms with E-state index in [1.807, 2.05) is 38.1 Å².